The molecule has 98 heavy (non-hydrogen) atoms. The smallest absolute Gasteiger partial charge is 0.245 e. The zero-order valence-electron chi connectivity index (χ0n) is 56.4. The Balaban J connectivity index is 1.56. The Bertz CT molecular complexity index is 3020. The summed E-state index contributed by atoms with van der Waals surface area (Å²) in [6, 6.07) is 4.60. The summed E-state index contributed by atoms with van der Waals surface area (Å²) in [5.41, 5.74) is 40.7. The van der Waals surface area contributed by atoms with Crippen molar-refractivity contribution in [2.24, 2.45) is 51.0 Å². The largest absolute Gasteiger partial charge is 0.370 e. The molecule has 542 valence electrons. The second-order valence-electron chi connectivity index (χ2n) is 24.8. The van der Waals surface area contributed by atoms with E-state index in [-0.39, 0.29) is 89.7 Å². The van der Waals surface area contributed by atoms with Crippen LogP contribution >= 0.6 is 11.8 Å². The number of hydrogen-bond donors (Lipinski definition) is 16. The fourth-order valence-corrected chi connectivity index (χ4v) is 11.8. The molecule has 10 atom stereocenters. The summed E-state index contributed by atoms with van der Waals surface area (Å²) in [6.45, 7) is 4.26. The number of benzene rings is 2. The molecular weight excluding hydrogens is 1290 g/mol. The Morgan fingerprint density at radius 2 is 0.990 bits per heavy atom. The first-order valence-corrected chi connectivity index (χ1v) is 34.8. The van der Waals surface area contributed by atoms with Gasteiger partial charge >= 0.3 is 0 Å². The number of carbonyl (C=O) groups is 13. The lowest BCUT2D eigenvalue weighted by Crippen LogP contribution is -2.60. The maximum Gasteiger partial charge on any atom is 0.245 e. The highest BCUT2D eigenvalue weighted by Gasteiger charge is 2.42. The summed E-state index contributed by atoms with van der Waals surface area (Å²) in [7, 11) is 0. The number of nitrogens with two attached hydrogens (primary N) is 7. The van der Waals surface area contributed by atoms with Crippen LogP contribution in [0, 0.1) is 5.92 Å². The predicted molar refractivity (Wildman–Crippen MR) is 368 cm³/mol. The Morgan fingerprint density at radius 1 is 0.520 bits per heavy atom. The van der Waals surface area contributed by atoms with Gasteiger partial charge in [-0.25, -0.2) is 0 Å². The fraction of sp³-hybridized carbons (Fsp3) is 0.600. The number of unbranched alkanes of at least 4 members (excludes halogenated alkanes) is 1. The standard InChI is InChI=1S/C65H103N19O13S/c1-39(2)35-47(59(92)78-45(27-34-98-3)55(88)73-31-29-67)76-54(87)38-75-56(89)48(36-40-15-6-4-7-16-40)81-60(93)49(37-41-17-8-5-9-18-41)82-58(91)43(23-25-52(69)85)77-57(90)44(24-26-53(70)86)79-61(94)51-22-14-33-84(51)64(97)46(20-10-11-28-66)80-62(95)50-21-13-32-83(50)63(96)42(68)19-12-30-74-65(71)72/h4-9,15-18,39,42-51H,10-14,19-38,66-68H2,1-3H3,(H2,69,85)(H2,70,86)(H,73,88)(H,75,89)(H,76,87)(H,77,90)(H,78,92)(H,79,94)(H,80,95)(H,81,93)(H,82,91)(H4,71,72,74)/t42-,43-,44-,45-,46-,47-,48-,49-,50-,51-/m0/s1. The van der Waals surface area contributed by atoms with Crippen molar-refractivity contribution in [3.8, 4) is 0 Å². The van der Waals surface area contributed by atoms with Crippen molar-refractivity contribution < 1.29 is 62.3 Å². The molecule has 2 aliphatic heterocycles. The number of amides is 13. The molecule has 13 amide bonds. The molecule has 23 N–H and O–H groups in total. The van der Waals surface area contributed by atoms with Crippen LogP contribution in [0.1, 0.15) is 121 Å². The summed E-state index contributed by atoms with van der Waals surface area (Å²) >= 11 is 1.48. The molecule has 0 bridgehead atoms. The topological polar surface area (TPSA) is 531 Å². The number of hydrogen-bond acceptors (Lipinski definition) is 18. The second-order valence-corrected chi connectivity index (χ2v) is 25.8. The van der Waals surface area contributed by atoms with Gasteiger partial charge < -0.3 is 97.8 Å². The van der Waals surface area contributed by atoms with Gasteiger partial charge in [0.2, 0.25) is 76.8 Å². The van der Waals surface area contributed by atoms with Crippen molar-refractivity contribution >= 4 is 94.5 Å². The molecule has 2 aliphatic rings. The van der Waals surface area contributed by atoms with E-state index in [4.69, 9.17) is 40.1 Å². The van der Waals surface area contributed by atoms with E-state index in [1.807, 2.05) is 20.1 Å². The van der Waals surface area contributed by atoms with E-state index in [2.05, 4.69) is 52.8 Å². The molecular formula is C65H103N19O13S. The number of likely N-dealkylation sites (tertiary alicyclic amines) is 2. The van der Waals surface area contributed by atoms with Gasteiger partial charge in [-0.3, -0.25) is 67.3 Å². The van der Waals surface area contributed by atoms with Gasteiger partial charge in [0.15, 0.2) is 5.96 Å². The van der Waals surface area contributed by atoms with E-state index in [9.17, 15) is 62.3 Å². The van der Waals surface area contributed by atoms with Gasteiger partial charge in [0.25, 0.3) is 0 Å². The summed E-state index contributed by atoms with van der Waals surface area (Å²) < 4.78 is 0. The van der Waals surface area contributed by atoms with E-state index in [1.54, 1.807) is 60.7 Å². The number of rotatable bonds is 44. The molecule has 2 heterocycles. The van der Waals surface area contributed by atoms with E-state index in [0.717, 1.165) is 0 Å². The lowest BCUT2D eigenvalue weighted by atomic mass is 10.0. The lowest BCUT2D eigenvalue weighted by Gasteiger charge is -2.32. The van der Waals surface area contributed by atoms with Crippen LogP contribution < -0.4 is 88.0 Å². The quantitative estimate of drug-likeness (QED) is 0.0170. The van der Waals surface area contributed by atoms with Crippen LogP contribution in [0.2, 0.25) is 0 Å². The summed E-state index contributed by atoms with van der Waals surface area (Å²) in [6.07, 6.45) is 3.18. The van der Waals surface area contributed by atoms with Gasteiger partial charge in [0, 0.05) is 58.4 Å². The molecule has 0 saturated carbocycles. The predicted octanol–water partition coefficient (Wildman–Crippen LogP) is -4.12. The average Bonchev–Trinajstić information content (AvgIpc) is 1.61. The minimum atomic E-state index is -1.65. The summed E-state index contributed by atoms with van der Waals surface area (Å²) in [5, 5.41) is 24.0. The first-order chi connectivity index (χ1) is 46.8. The number of nitrogens with one attached hydrogen (secondary N) is 9. The van der Waals surface area contributed by atoms with Crippen molar-refractivity contribution in [2.75, 3.05) is 57.8 Å². The molecule has 32 nitrogen and oxygen atoms in total. The Morgan fingerprint density at radius 3 is 1.49 bits per heavy atom. The van der Waals surface area contributed by atoms with Crippen LogP contribution in [0.25, 0.3) is 0 Å². The number of thioether (sulfide) groups is 1. The third-order valence-electron chi connectivity index (χ3n) is 16.4. The highest BCUT2D eigenvalue weighted by Crippen LogP contribution is 2.24. The molecule has 2 saturated heterocycles. The van der Waals surface area contributed by atoms with E-state index >= 15 is 0 Å². The SMILES string of the molecule is CSCC[C@H](NC(=O)[C@H](CC(C)C)NC(=O)CNC(=O)[C@H](Cc1ccccc1)NC(=O)[C@H](Cc1ccccc1)NC(=O)[C@H](CCC(N)=O)NC(=O)[C@H](CCC(N)=O)NC(=O)[C@@H]1CCCN1C(=O)[C@H](CCCCN)NC(=O)[C@@H]1CCCN1C(=O)[C@@H](N)CCCN=C(N)N)C(=O)NCCN. The lowest BCUT2D eigenvalue weighted by molar-refractivity contribution is -0.144. The maximum atomic E-state index is 14.7. The zero-order chi connectivity index (χ0) is 72.3. The van der Waals surface area contributed by atoms with Gasteiger partial charge in [-0.05, 0) is 119 Å². The molecule has 2 fully saturated rings. The Kier molecular flexibility index (Phi) is 36.0. The third kappa shape index (κ3) is 28.6. The first kappa shape index (κ1) is 81.5. The molecule has 0 spiro atoms. The van der Waals surface area contributed by atoms with Crippen LogP contribution in [-0.4, -0.2) is 211 Å². The molecule has 33 heteroatoms. The van der Waals surface area contributed by atoms with Gasteiger partial charge in [-0.15, -0.1) is 0 Å². The van der Waals surface area contributed by atoms with E-state index < -0.39 is 169 Å². The molecule has 4 rings (SSSR count). The van der Waals surface area contributed by atoms with Crippen LogP contribution in [0.15, 0.2) is 65.7 Å². The number of aliphatic imine (C=N–C) groups is 1. The monoisotopic (exact) mass is 1390 g/mol. The summed E-state index contributed by atoms with van der Waals surface area (Å²) in [4.78, 5) is 186. The number of primary amides is 2. The van der Waals surface area contributed by atoms with Crippen molar-refractivity contribution in [3.63, 3.8) is 0 Å². The van der Waals surface area contributed by atoms with Crippen molar-refractivity contribution in [1.82, 2.24) is 57.7 Å². The molecule has 0 radical (unpaired) electrons. The molecule has 0 unspecified atom stereocenters. The third-order valence-corrected chi connectivity index (χ3v) is 17.1. The van der Waals surface area contributed by atoms with Gasteiger partial charge in [0.1, 0.15) is 54.4 Å². The Labute approximate surface area is 576 Å². The normalized spacial score (nSPS) is 16.6. The minimum absolute atomic E-state index is 0.0729. The number of guanidine groups is 1. The van der Waals surface area contributed by atoms with Gasteiger partial charge in [-0.1, -0.05) is 74.5 Å². The van der Waals surface area contributed by atoms with Crippen LogP contribution in [0.5, 0.6) is 0 Å². The highest BCUT2D eigenvalue weighted by atomic mass is 32.2. The fourth-order valence-electron chi connectivity index (χ4n) is 11.3. The maximum absolute atomic E-state index is 14.7. The summed E-state index contributed by atoms with van der Waals surface area (Å²) in [5.74, 6) is -9.43. The van der Waals surface area contributed by atoms with E-state index in [1.165, 1.54) is 21.6 Å². The number of nitrogens with zero attached hydrogens (tertiary/aromatic N) is 3. The first-order valence-electron chi connectivity index (χ1n) is 33.4. The minimum Gasteiger partial charge on any atom is -0.370 e. The van der Waals surface area contributed by atoms with Crippen LogP contribution in [0.3, 0.4) is 0 Å². The number of carbonyl (C=O) groups excluding carboxylic acids is 13. The van der Waals surface area contributed by atoms with E-state index in [0.29, 0.717) is 61.8 Å². The van der Waals surface area contributed by atoms with Crippen LogP contribution in [0.4, 0.5) is 0 Å². The molecule has 2 aromatic carbocycles. The molecule has 0 aromatic heterocycles. The second kappa shape index (κ2) is 43.4. The van der Waals surface area contributed by atoms with Crippen molar-refractivity contribution in [3.05, 3.63) is 71.8 Å². The zero-order valence-corrected chi connectivity index (χ0v) is 57.2. The highest BCUT2D eigenvalue weighted by molar-refractivity contribution is 7.98. The van der Waals surface area contributed by atoms with Gasteiger partial charge in [-0.2, -0.15) is 11.8 Å². The van der Waals surface area contributed by atoms with Crippen molar-refractivity contribution in [2.45, 2.75) is 183 Å². The van der Waals surface area contributed by atoms with Crippen molar-refractivity contribution in [1.29, 1.82) is 0 Å². The molecule has 0 aliphatic carbocycles. The Hall–Kier alpha value is -8.95. The van der Waals surface area contributed by atoms with Gasteiger partial charge in [0.05, 0.1) is 12.6 Å². The average molecular weight is 1390 g/mol. The van der Waals surface area contributed by atoms with Crippen LogP contribution in [-0.2, 0) is 75.2 Å². The molecule has 2 aromatic rings.